The van der Waals surface area contributed by atoms with E-state index in [0.717, 1.165) is 5.56 Å². The number of para-hydroxylation sites is 1. The molecule has 0 atom stereocenters. The third-order valence-corrected chi connectivity index (χ3v) is 4.51. The maximum Gasteiger partial charge on any atom is 0.256 e. The molecular weight excluding hydrogens is 356 g/mol. The van der Waals surface area contributed by atoms with Gasteiger partial charge in [-0.1, -0.05) is 18.2 Å². The summed E-state index contributed by atoms with van der Waals surface area (Å²) in [6.07, 6.45) is 0. The molecule has 0 bridgehead atoms. The number of aryl methyl sites for hydroxylation is 1. The summed E-state index contributed by atoms with van der Waals surface area (Å²) in [7, 11) is -3.86. The number of rotatable bonds is 3. The molecule has 0 aliphatic carbocycles. The lowest BCUT2D eigenvalue weighted by Gasteiger charge is -2.10. The van der Waals surface area contributed by atoms with Crippen molar-refractivity contribution in [3.05, 3.63) is 58.1 Å². The second-order valence-corrected chi connectivity index (χ2v) is 6.87. The van der Waals surface area contributed by atoms with Crippen molar-refractivity contribution in [2.75, 3.05) is 5.32 Å². The average molecular weight is 369 g/mol. The van der Waals surface area contributed by atoms with E-state index >= 15 is 0 Å². The zero-order valence-corrected chi connectivity index (χ0v) is 13.5. The van der Waals surface area contributed by atoms with Gasteiger partial charge < -0.3 is 5.32 Å². The molecule has 0 aliphatic heterocycles. The third-order valence-electron chi connectivity index (χ3n) is 2.90. The highest BCUT2D eigenvalue weighted by atomic mass is 79.9. The Labute approximate surface area is 131 Å². The van der Waals surface area contributed by atoms with E-state index in [1.54, 1.807) is 12.1 Å². The van der Waals surface area contributed by atoms with Gasteiger partial charge in [-0.2, -0.15) is 0 Å². The predicted octanol–water partition coefficient (Wildman–Crippen LogP) is 2.66. The topological polar surface area (TPSA) is 89.3 Å². The van der Waals surface area contributed by atoms with E-state index in [-0.39, 0.29) is 10.5 Å². The van der Waals surface area contributed by atoms with Crippen LogP contribution < -0.4 is 10.5 Å². The van der Waals surface area contributed by atoms with Gasteiger partial charge in [-0.15, -0.1) is 0 Å². The van der Waals surface area contributed by atoms with Crippen molar-refractivity contribution in [2.24, 2.45) is 5.14 Å². The summed E-state index contributed by atoms with van der Waals surface area (Å²) < 4.78 is 23.2. The summed E-state index contributed by atoms with van der Waals surface area (Å²) in [6.45, 7) is 1.87. The number of benzene rings is 2. The lowest BCUT2D eigenvalue weighted by atomic mass is 10.1. The molecule has 3 N–H and O–H groups in total. The monoisotopic (exact) mass is 368 g/mol. The van der Waals surface area contributed by atoms with E-state index in [9.17, 15) is 13.2 Å². The Bertz CT molecular complexity index is 804. The van der Waals surface area contributed by atoms with E-state index in [2.05, 4.69) is 21.2 Å². The number of nitrogens with one attached hydrogen (secondary N) is 1. The Hall–Kier alpha value is -1.70. The van der Waals surface area contributed by atoms with Crippen LogP contribution in [0.15, 0.2) is 51.8 Å². The zero-order chi connectivity index (χ0) is 15.6. The molecule has 2 rings (SSSR count). The molecule has 2 aromatic carbocycles. The van der Waals surface area contributed by atoms with Gasteiger partial charge in [0.25, 0.3) is 5.91 Å². The first-order valence-corrected chi connectivity index (χ1v) is 8.32. The predicted molar refractivity (Wildman–Crippen MR) is 84.6 cm³/mol. The van der Waals surface area contributed by atoms with Crippen molar-refractivity contribution in [3.63, 3.8) is 0 Å². The Morgan fingerprint density at radius 3 is 2.48 bits per heavy atom. The Morgan fingerprint density at radius 1 is 1.19 bits per heavy atom. The summed E-state index contributed by atoms with van der Waals surface area (Å²) in [5.74, 6) is -0.415. The minimum atomic E-state index is -3.86. The van der Waals surface area contributed by atoms with Crippen molar-refractivity contribution in [1.82, 2.24) is 0 Å². The lowest BCUT2D eigenvalue weighted by molar-refractivity contribution is 0.102. The number of halogens is 1. The van der Waals surface area contributed by atoms with Crippen LogP contribution in [0.2, 0.25) is 0 Å². The summed E-state index contributed by atoms with van der Waals surface area (Å²) in [5.41, 5.74) is 1.77. The highest BCUT2D eigenvalue weighted by Crippen LogP contribution is 2.22. The molecule has 0 heterocycles. The molecule has 110 valence electrons. The molecule has 0 fully saturated rings. The van der Waals surface area contributed by atoms with Crippen LogP contribution in [0.4, 0.5) is 5.69 Å². The Balaban J connectivity index is 2.38. The van der Waals surface area contributed by atoms with E-state index in [1.807, 2.05) is 19.1 Å². The fourth-order valence-corrected chi connectivity index (χ4v) is 2.72. The first-order valence-electron chi connectivity index (χ1n) is 5.98. The van der Waals surface area contributed by atoms with Gasteiger partial charge in [0.05, 0.1) is 10.5 Å². The van der Waals surface area contributed by atoms with Crippen LogP contribution in [0.3, 0.4) is 0 Å². The number of hydrogen-bond donors (Lipinski definition) is 2. The van der Waals surface area contributed by atoms with Gasteiger partial charge in [-0.25, -0.2) is 13.6 Å². The molecule has 0 spiro atoms. The van der Waals surface area contributed by atoms with Crippen LogP contribution in [0, 0.1) is 6.92 Å². The van der Waals surface area contributed by atoms with E-state index in [1.165, 1.54) is 18.2 Å². The van der Waals surface area contributed by atoms with Gasteiger partial charge in [0, 0.05) is 10.2 Å². The number of carbonyl (C=O) groups is 1. The number of sulfonamides is 1. The van der Waals surface area contributed by atoms with Gasteiger partial charge in [-0.3, -0.25) is 4.79 Å². The minimum absolute atomic E-state index is 0.111. The molecule has 5 nitrogen and oxygen atoms in total. The quantitative estimate of drug-likeness (QED) is 0.872. The van der Waals surface area contributed by atoms with E-state index < -0.39 is 15.9 Å². The van der Waals surface area contributed by atoms with Gasteiger partial charge in [0.2, 0.25) is 10.0 Å². The van der Waals surface area contributed by atoms with Crippen LogP contribution in [0.5, 0.6) is 0 Å². The fraction of sp³-hybridized carbons (Fsp3) is 0.0714. The minimum Gasteiger partial charge on any atom is -0.322 e. The highest BCUT2D eigenvalue weighted by Gasteiger charge is 2.16. The standard InChI is InChI=1S/C14H13BrN2O3S/c1-9-4-2-3-5-13(9)17-14(18)11-8-10(21(16,19)20)6-7-12(11)15/h2-8H,1H3,(H,17,18)(H2,16,19,20). The number of primary sulfonamides is 1. The molecule has 0 saturated heterocycles. The average Bonchev–Trinajstić information content (AvgIpc) is 2.40. The van der Waals surface area contributed by atoms with Crippen LogP contribution in [-0.2, 0) is 10.0 Å². The lowest BCUT2D eigenvalue weighted by Crippen LogP contribution is -2.16. The van der Waals surface area contributed by atoms with Crippen molar-refractivity contribution in [3.8, 4) is 0 Å². The molecule has 21 heavy (non-hydrogen) atoms. The number of anilines is 1. The number of nitrogens with two attached hydrogens (primary N) is 1. The Morgan fingerprint density at radius 2 is 1.86 bits per heavy atom. The molecule has 0 unspecified atom stereocenters. The third kappa shape index (κ3) is 3.69. The second kappa shape index (κ2) is 5.97. The van der Waals surface area contributed by atoms with Crippen LogP contribution in [0.25, 0.3) is 0 Å². The largest absolute Gasteiger partial charge is 0.322 e. The molecule has 2 aromatic rings. The number of carbonyl (C=O) groups excluding carboxylic acids is 1. The smallest absolute Gasteiger partial charge is 0.256 e. The summed E-state index contributed by atoms with van der Waals surface area (Å²) in [6, 6.07) is 11.4. The van der Waals surface area contributed by atoms with E-state index in [0.29, 0.717) is 10.2 Å². The summed E-state index contributed by atoms with van der Waals surface area (Å²) in [4.78, 5) is 12.2. The first-order chi connectivity index (χ1) is 9.79. The van der Waals surface area contributed by atoms with Crippen LogP contribution >= 0.6 is 15.9 Å². The van der Waals surface area contributed by atoms with Crippen molar-refractivity contribution < 1.29 is 13.2 Å². The first kappa shape index (κ1) is 15.7. The maximum absolute atomic E-state index is 12.3. The van der Waals surface area contributed by atoms with Gasteiger partial charge in [0.15, 0.2) is 0 Å². The van der Waals surface area contributed by atoms with Crippen molar-refractivity contribution >= 4 is 37.5 Å². The molecule has 0 radical (unpaired) electrons. The molecule has 0 saturated carbocycles. The zero-order valence-electron chi connectivity index (χ0n) is 11.1. The second-order valence-electron chi connectivity index (χ2n) is 4.46. The van der Waals surface area contributed by atoms with Crippen LogP contribution in [0.1, 0.15) is 15.9 Å². The maximum atomic E-state index is 12.3. The molecule has 1 amide bonds. The summed E-state index contributed by atoms with van der Waals surface area (Å²) >= 11 is 3.23. The molecule has 0 aliphatic rings. The van der Waals surface area contributed by atoms with Gasteiger partial charge in [-0.05, 0) is 52.7 Å². The molecular formula is C14H13BrN2O3S. The summed E-state index contributed by atoms with van der Waals surface area (Å²) in [5, 5.41) is 7.82. The number of hydrogen-bond acceptors (Lipinski definition) is 3. The van der Waals surface area contributed by atoms with Gasteiger partial charge >= 0.3 is 0 Å². The highest BCUT2D eigenvalue weighted by molar-refractivity contribution is 9.10. The van der Waals surface area contributed by atoms with Crippen molar-refractivity contribution in [2.45, 2.75) is 11.8 Å². The SMILES string of the molecule is Cc1ccccc1NC(=O)c1cc(S(N)(=O)=O)ccc1Br. The fourth-order valence-electron chi connectivity index (χ4n) is 1.76. The van der Waals surface area contributed by atoms with Gasteiger partial charge in [0.1, 0.15) is 0 Å². The molecule has 7 heteroatoms. The normalized spacial score (nSPS) is 11.2. The van der Waals surface area contributed by atoms with E-state index in [4.69, 9.17) is 5.14 Å². The van der Waals surface area contributed by atoms with Crippen molar-refractivity contribution in [1.29, 1.82) is 0 Å². The number of amides is 1. The van der Waals surface area contributed by atoms with Crippen LogP contribution in [-0.4, -0.2) is 14.3 Å². The molecule has 0 aromatic heterocycles. The Kier molecular flexibility index (Phi) is 4.46.